The summed E-state index contributed by atoms with van der Waals surface area (Å²) in [4.78, 5) is 21.5. The van der Waals surface area contributed by atoms with Crippen molar-refractivity contribution in [1.29, 1.82) is 0 Å². The van der Waals surface area contributed by atoms with Crippen LogP contribution in [0.3, 0.4) is 0 Å². The van der Waals surface area contributed by atoms with Crippen molar-refractivity contribution in [1.82, 2.24) is 15.3 Å². The molecule has 4 unspecified atom stereocenters. The normalized spacial score (nSPS) is 26.2. The van der Waals surface area contributed by atoms with E-state index in [-0.39, 0.29) is 35.6 Å². The van der Waals surface area contributed by atoms with Gasteiger partial charge in [0.2, 0.25) is 5.95 Å². The molecule has 2 aliphatic heterocycles. The average molecular weight is 396 g/mol. The van der Waals surface area contributed by atoms with E-state index in [1.54, 1.807) is 6.20 Å². The summed E-state index contributed by atoms with van der Waals surface area (Å²) in [6.45, 7) is 9.26. The second kappa shape index (κ2) is 7.72. The van der Waals surface area contributed by atoms with Gasteiger partial charge in [-0.25, -0.2) is 9.97 Å². The summed E-state index contributed by atoms with van der Waals surface area (Å²) in [6.07, 6.45) is 1.43. The molecule has 7 heteroatoms. The molecule has 2 saturated heterocycles. The molecule has 3 heterocycles. The Morgan fingerprint density at radius 1 is 1.03 bits per heavy atom. The zero-order valence-corrected chi connectivity index (χ0v) is 17.3. The van der Waals surface area contributed by atoms with Crippen molar-refractivity contribution in [3.05, 3.63) is 53.3 Å². The summed E-state index contributed by atoms with van der Waals surface area (Å²) in [5, 5.41) is 6.40. The molecular weight excluding hydrogens is 368 g/mol. The largest absolute Gasteiger partial charge is 0.371 e. The highest BCUT2D eigenvalue weighted by atomic mass is 16.6. The Morgan fingerprint density at radius 2 is 1.69 bits per heavy atom. The second-order valence-electron chi connectivity index (χ2n) is 8.81. The molecule has 0 aliphatic carbocycles. The molecule has 2 aromatic rings. The molecule has 0 bridgehead atoms. The maximum absolute atomic E-state index is 12.5. The molecule has 0 saturated carbocycles. The number of benzene rings is 1. The second-order valence-corrected chi connectivity index (χ2v) is 8.81. The number of rotatable bonds is 4. The average Bonchev–Trinajstić information content (AvgIpc) is 3.25. The number of fused-ring (bicyclic) bond motifs is 1. The quantitative estimate of drug-likeness (QED) is 0.826. The Kier molecular flexibility index (Phi) is 5.27. The van der Waals surface area contributed by atoms with Gasteiger partial charge in [-0.1, -0.05) is 38.5 Å². The van der Waals surface area contributed by atoms with Crippen LogP contribution in [0.5, 0.6) is 0 Å². The minimum atomic E-state index is -0.187. The number of aryl methyl sites for hydroxylation is 1. The SMILES string of the molecule is Cc1ccc(C(=O)NC2COC3C(Nc4nccc(C(C)(C)C)n4)COC23)cc1. The highest BCUT2D eigenvalue weighted by molar-refractivity contribution is 5.94. The zero-order valence-electron chi connectivity index (χ0n) is 17.3. The van der Waals surface area contributed by atoms with Crippen LogP contribution in [0.2, 0.25) is 0 Å². The van der Waals surface area contributed by atoms with E-state index in [1.807, 2.05) is 37.3 Å². The zero-order chi connectivity index (χ0) is 20.6. The Balaban J connectivity index is 1.39. The number of ether oxygens (including phenoxy) is 2. The molecule has 1 amide bonds. The summed E-state index contributed by atoms with van der Waals surface area (Å²) >= 11 is 0. The van der Waals surface area contributed by atoms with Gasteiger partial charge in [0.1, 0.15) is 12.2 Å². The van der Waals surface area contributed by atoms with E-state index in [0.717, 1.165) is 11.3 Å². The number of hydrogen-bond acceptors (Lipinski definition) is 6. The highest BCUT2D eigenvalue weighted by Gasteiger charge is 2.48. The summed E-state index contributed by atoms with van der Waals surface area (Å²) in [6, 6.07) is 9.22. The molecule has 4 atom stereocenters. The van der Waals surface area contributed by atoms with Gasteiger partial charge in [0.25, 0.3) is 5.91 Å². The van der Waals surface area contributed by atoms with Gasteiger partial charge in [0, 0.05) is 17.2 Å². The van der Waals surface area contributed by atoms with E-state index in [0.29, 0.717) is 24.7 Å². The number of nitrogens with one attached hydrogen (secondary N) is 2. The maximum Gasteiger partial charge on any atom is 0.251 e. The van der Waals surface area contributed by atoms with Gasteiger partial charge in [-0.15, -0.1) is 0 Å². The fourth-order valence-corrected chi connectivity index (χ4v) is 3.72. The highest BCUT2D eigenvalue weighted by Crippen LogP contribution is 2.29. The maximum atomic E-state index is 12.5. The number of aromatic nitrogens is 2. The van der Waals surface area contributed by atoms with Crippen LogP contribution in [-0.4, -0.2) is 53.4 Å². The lowest BCUT2D eigenvalue weighted by Gasteiger charge is -2.21. The Labute approximate surface area is 171 Å². The molecule has 7 nitrogen and oxygen atoms in total. The van der Waals surface area contributed by atoms with Crippen molar-refractivity contribution in [2.75, 3.05) is 18.5 Å². The third-order valence-electron chi connectivity index (χ3n) is 5.42. The molecule has 1 aromatic heterocycles. The van der Waals surface area contributed by atoms with Crippen LogP contribution in [0.25, 0.3) is 0 Å². The number of nitrogens with zero attached hydrogens (tertiary/aromatic N) is 2. The standard InChI is InChI=1S/C22H28N4O3/c1-13-5-7-14(8-6-13)20(27)24-15-11-28-19-16(12-29-18(15)19)25-21-23-10-9-17(26-21)22(2,3)4/h5-10,15-16,18-19H,11-12H2,1-4H3,(H,24,27)(H,23,25,26). The Bertz CT molecular complexity index is 878. The van der Waals surface area contributed by atoms with Crippen molar-refractivity contribution < 1.29 is 14.3 Å². The number of anilines is 1. The number of carbonyl (C=O) groups excluding carboxylic acids is 1. The van der Waals surface area contributed by atoms with Crippen molar-refractivity contribution in [3.8, 4) is 0 Å². The van der Waals surface area contributed by atoms with Crippen LogP contribution in [0.1, 0.15) is 42.4 Å². The van der Waals surface area contributed by atoms with E-state index < -0.39 is 0 Å². The molecule has 0 radical (unpaired) electrons. The monoisotopic (exact) mass is 396 g/mol. The molecule has 2 N–H and O–H groups in total. The smallest absolute Gasteiger partial charge is 0.251 e. The number of amides is 1. The predicted octanol–water partition coefficient (Wildman–Crippen LogP) is 2.46. The van der Waals surface area contributed by atoms with E-state index in [1.165, 1.54) is 0 Å². The molecular formula is C22H28N4O3. The molecule has 4 rings (SSSR count). The molecule has 2 fully saturated rings. The van der Waals surface area contributed by atoms with Crippen LogP contribution in [-0.2, 0) is 14.9 Å². The van der Waals surface area contributed by atoms with Gasteiger partial charge in [0.05, 0.1) is 31.0 Å². The minimum absolute atomic E-state index is 0.0523. The van der Waals surface area contributed by atoms with Crippen LogP contribution in [0, 0.1) is 6.92 Å². The van der Waals surface area contributed by atoms with Crippen LogP contribution in [0.4, 0.5) is 5.95 Å². The fraction of sp³-hybridized carbons (Fsp3) is 0.500. The van der Waals surface area contributed by atoms with Crippen molar-refractivity contribution in [3.63, 3.8) is 0 Å². The molecule has 29 heavy (non-hydrogen) atoms. The predicted molar refractivity (Wildman–Crippen MR) is 110 cm³/mol. The Morgan fingerprint density at radius 3 is 2.38 bits per heavy atom. The van der Waals surface area contributed by atoms with Gasteiger partial charge in [-0.3, -0.25) is 4.79 Å². The third-order valence-corrected chi connectivity index (χ3v) is 5.42. The van der Waals surface area contributed by atoms with E-state index in [2.05, 4.69) is 41.4 Å². The lowest BCUT2D eigenvalue weighted by molar-refractivity contribution is 0.0652. The number of carbonyl (C=O) groups is 1. The van der Waals surface area contributed by atoms with Crippen molar-refractivity contribution >= 4 is 11.9 Å². The molecule has 154 valence electrons. The number of hydrogen-bond donors (Lipinski definition) is 2. The van der Waals surface area contributed by atoms with Crippen molar-refractivity contribution in [2.45, 2.75) is 57.4 Å². The first-order valence-electron chi connectivity index (χ1n) is 10.0. The molecule has 0 spiro atoms. The lowest BCUT2D eigenvalue weighted by atomic mass is 9.92. The summed E-state index contributed by atoms with van der Waals surface area (Å²) < 4.78 is 11.9. The van der Waals surface area contributed by atoms with E-state index in [9.17, 15) is 4.79 Å². The first-order valence-corrected chi connectivity index (χ1v) is 10.0. The summed E-state index contributed by atoms with van der Waals surface area (Å²) in [5.74, 6) is 0.461. The van der Waals surface area contributed by atoms with Gasteiger partial charge in [-0.05, 0) is 25.1 Å². The lowest BCUT2D eigenvalue weighted by Crippen LogP contribution is -2.44. The van der Waals surface area contributed by atoms with E-state index in [4.69, 9.17) is 9.47 Å². The molecule has 1 aromatic carbocycles. The third kappa shape index (κ3) is 4.26. The van der Waals surface area contributed by atoms with Gasteiger partial charge < -0.3 is 20.1 Å². The van der Waals surface area contributed by atoms with Gasteiger partial charge in [-0.2, -0.15) is 0 Å². The topological polar surface area (TPSA) is 85.4 Å². The van der Waals surface area contributed by atoms with Crippen molar-refractivity contribution in [2.24, 2.45) is 0 Å². The van der Waals surface area contributed by atoms with Crippen LogP contribution < -0.4 is 10.6 Å². The fourth-order valence-electron chi connectivity index (χ4n) is 3.72. The van der Waals surface area contributed by atoms with Crippen LogP contribution in [0.15, 0.2) is 36.5 Å². The van der Waals surface area contributed by atoms with Gasteiger partial charge in [0.15, 0.2) is 0 Å². The minimum Gasteiger partial charge on any atom is -0.371 e. The van der Waals surface area contributed by atoms with Crippen LogP contribution >= 0.6 is 0 Å². The van der Waals surface area contributed by atoms with Gasteiger partial charge >= 0.3 is 0 Å². The summed E-state index contributed by atoms with van der Waals surface area (Å²) in [5.41, 5.74) is 2.68. The summed E-state index contributed by atoms with van der Waals surface area (Å²) in [7, 11) is 0. The Hall–Kier alpha value is -2.51. The van der Waals surface area contributed by atoms with E-state index >= 15 is 0 Å². The first-order chi connectivity index (χ1) is 13.8. The first kappa shape index (κ1) is 19.8. The molecule has 2 aliphatic rings.